The SMILES string of the molecule is CC(C)=CCn1cc(-c2ccccc2)nn1. The summed E-state index contributed by atoms with van der Waals surface area (Å²) in [5.74, 6) is 0. The molecule has 2 aromatic rings. The van der Waals surface area contributed by atoms with Gasteiger partial charge in [-0.05, 0) is 13.8 Å². The normalized spacial score (nSPS) is 10.1. The quantitative estimate of drug-likeness (QED) is 0.734. The highest BCUT2D eigenvalue weighted by Crippen LogP contribution is 2.14. The summed E-state index contributed by atoms with van der Waals surface area (Å²) in [6.07, 6.45) is 4.10. The molecule has 0 aliphatic heterocycles. The second-order valence-electron chi connectivity index (χ2n) is 3.97. The number of hydrogen-bond donors (Lipinski definition) is 0. The van der Waals surface area contributed by atoms with E-state index in [1.807, 2.05) is 41.2 Å². The molecule has 1 aromatic heterocycles. The molecule has 0 radical (unpaired) electrons. The van der Waals surface area contributed by atoms with Crippen LogP contribution in [-0.4, -0.2) is 15.0 Å². The van der Waals surface area contributed by atoms with Crippen molar-refractivity contribution >= 4 is 0 Å². The van der Waals surface area contributed by atoms with Crippen LogP contribution < -0.4 is 0 Å². The second kappa shape index (κ2) is 4.75. The van der Waals surface area contributed by atoms with E-state index in [9.17, 15) is 0 Å². The minimum absolute atomic E-state index is 0.780. The van der Waals surface area contributed by atoms with Crippen LogP contribution in [0.25, 0.3) is 11.3 Å². The number of hydrogen-bond acceptors (Lipinski definition) is 2. The van der Waals surface area contributed by atoms with Crippen LogP contribution in [0.5, 0.6) is 0 Å². The summed E-state index contributed by atoms with van der Waals surface area (Å²) in [7, 11) is 0. The predicted molar refractivity (Wildman–Crippen MR) is 64.9 cm³/mol. The highest BCUT2D eigenvalue weighted by Gasteiger charge is 2.01. The summed E-state index contributed by atoms with van der Waals surface area (Å²) in [5, 5.41) is 8.23. The molecule has 0 amide bonds. The van der Waals surface area contributed by atoms with E-state index < -0.39 is 0 Å². The van der Waals surface area contributed by atoms with Gasteiger partial charge < -0.3 is 0 Å². The third-order valence-electron chi connectivity index (χ3n) is 2.29. The molecule has 0 saturated carbocycles. The van der Waals surface area contributed by atoms with E-state index >= 15 is 0 Å². The van der Waals surface area contributed by atoms with Crippen molar-refractivity contribution in [3.63, 3.8) is 0 Å². The molecule has 0 aliphatic rings. The summed E-state index contributed by atoms with van der Waals surface area (Å²) < 4.78 is 1.84. The van der Waals surface area contributed by atoms with Gasteiger partial charge in [0.05, 0.1) is 12.7 Å². The van der Waals surface area contributed by atoms with Crippen molar-refractivity contribution in [3.05, 3.63) is 48.2 Å². The molecule has 82 valence electrons. The molecular weight excluding hydrogens is 198 g/mol. The van der Waals surface area contributed by atoms with Crippen LogP contribution in [-0.2, 0) is 6.54 Å². The van der Waals surface area contributed by atoms with Crippen molar-refractivity contribution in [2.75, 3.05) is 0 Å². The molecule has 0 unspecified atom stereocenters. The van der Waals surface area contributed by atoms with E-state index in [0.717, 1.165) is 17.8 Å². The van der Waals surface area contributed by atoms with E-state index in [-0.39, 0.29) is 0 Å². The largest absolute Gasteiger partial charge is 0.248 e. The van der Waals surface area contributed by atoms with E-state index in [4.69, 9.17) is 0 Å². The third kappa shape index (κ3) is 2.57. The number of allylic oxidation sites excluding steroid dienone is 2. The zero-order chi connectivity index (χ0) is 11.4. The Kier molecular flexibility index (Phi) is 3.15. The van der Waals surface area contributed by atoms with Crippen molar-refractivity contribution in [1.29, 1.82) is 0 Å². The average molecular weight is 213 g/mol. The lowest BCUT2D eigenvalue weighted by Crippen LogP contribution is -1.95. The van der Waals surface area contributed by atoms with Crippen LogP contribution in [0.3, 0.4) is 0 Å². The molecular formula is C13H15N3. The first-order valence-corrected chi connectivity index (χ1v) is 5.34. The number of nitrogens with zero attached hydrogens (tertiary/aromatic N) is 3. The Labute approximate surface area is 95.4 Å². The molecule has 2 rings (SSSR count). The molecule has 0 fully saturated rings. The molecule has 0 saturated heterocycles. The molecule has 0 aliphatic carbocycles. The van der Waals surface area contributed by atoms with Gasteiger partial charge in [0.25, 0.3) is 0 Å². The van der Waals surface area contributed by atoms with Gasteiger partial charge in [-0.3, -0.25) is 0 Å². The monoisotopic (exact) mass is 213 g/mol. The van der Waals surface area contributed by atoms with Crippen molar-refractivity contribution < 1.29 is 0 Å². The van der Waals surface area contributed by atoms with Gasteiger partial charge in [0.1, 0.15) is 5.69 Å². The lowest BCUT2D eigenvalue weighted by molar-refractivity contribution is 0.659. The van der Waals surface area contributed by atoms with Gasteiger partial charge in [0, 0.05) is 5.56 Å². The summed E-state index contributed by atoms with van der Waals surface area (Å²) in [4.78, 5) is 0. The predicted octanol–water partition coefficient (Wildman–Crippen LogP) is 2.91. The lowest BCUT2D eigenvalue weighted by atomic mass is 10.2. The Morgan fingerprint density at radius 2 is 2.00 bits per heavy atom. The Morgan fingerprint density at radius 3 is 2.69 bits per heavy atom. The number of aromatic nitrogens is 3. The van der Waals surface area contributed by atoms with Crippen LogP contribution in [0.4, 0.5) is 0 Å². The summed E-state index contributed by atoms with van der Waals surface area (Å²) in [6, 6.07) is 10.1. The first-order chi connectivity index (χ1) is 7.75. The molecule has 0 spiro atoms. The molecule has 3 heteroatoms. The van der Waals surface area contributed by atoms with E-state index in [0.29, 0.717) is 0 Å². The zero-order valence-corrected chi connectivity index (χ0v) is 9.59. The fraction of sp³-hybridized carbons (Fsp3) is 0.231. The van der Waals surface area contributed by atoms with E-state index in [2.05, 4.69) is 30.2 Å². The van der Waals surface area contributed by atoms with Gasteiger partial charge >= 0.3 is 0 Å². The second-order valence-corrected chi connectivity index (χ2v) is 3.97. The Hall–Kier alpha value is -1.90. The van der Waals surface area contributed by atoms with Crippen molar-refractivity contribution in [1.82, 2.24) is 15.0 Å². The fourth-order valence-electron chi connectivity index (χ4n) is 1.40. The van der Waals surface area contributed by atoms with E-state index in [1.165, 1.54) is 5.57 Å². The molecule has 0 bridgehead atoms. The van der Waals surface area contributed by atoms with Crippen molar-refractivity contribution in [2.45, 2.75) is 20.4 Å². The van der Waals surface area contributed by atoms with Crippen LogP contribution in [0.15, 0.2) is 48.2 Å². The first kappa shape index (κ1) is 10.6. The highest BCUT2D eigenvalue weighted by molar-refractivity contribution is 5.57. The first-order valence-electron chi connectivity index (χ1n) is 5.34. The Bertz CT molecular complexity index is 479. The topological polar surface area (TPSA) is 30.7 Å². The van der Waals surface area contributed by atoms with E-state index in [1.54, 1.807) is 0 Å². The van der Waals surface area contributed by atoms with Crippen molar-refractivity contribution in [3.8, 4) is 11.3 Å². The van der Waals surface area contributed by atoms with Gasteiger partial charge in [-0.2, -0.15) is 0 Å². The maximum absolute atomic E-state index is 4.15. The molecule has 0 N–H and O–H groups in total. The smallest absolute Gasteiger partial charge is 0.113 e. The lowest BCUT2D eigenvalue weighted by Gasteiger charge is -1.94. The fourth-order valence-corrected chi connectivity index (χ4v) is 1.40. The minimum Gasteiger partial charge on any atom is -0.248 e. The van der Waals surface area contributed by atoms with Crippen LogP contribution >= 0.6 is 0 Å². The molecule has 3 nitrogen and oxygen atoms in total. The summed E-state index contributed by atoms with van der Waals surface area (Å²) in [5.41, 5.74) is 3.31. The Balaban J connectivity index is 2.17. The van der Waals surface area contributed by atoms with Crippen LogP contribution in [0.1, 0.15) is 13.8 Å². The summed E-state index contributed by atoms with van der Waals surface area (Å²) >= 11 is 0. The molecule has 1 heterocycles. The number of rotatable bonds is 3. The van der Waals surface area contributed by atoms with Crippen molar-refractivity contribution in [2.24, 2.45) is 0 Å². The average Bonchev–Trinajstić information content (AvgIpc) is 2.76. The molecule has 16 heavy (non-hydrogen) atoms. The maximum atomic E-state index is 4.15. The van der Waals surface area contributed by atoms with Crippen LogP contribution in [0, 0.1) is 0 Å². The highest BCUT2D eigenvalue weighted by atomic mass is 15.4. The van der Waals surface area contributed by atoms with Gasteiger partial charge in [-0.15, -0.1) is 5.10 Å². The third-order valence-corrected chi connectivity index (χ3v) is 2.29. The maximum Gasteiger partial charge on any atom is 0.113 e. The standard InChI is InChI=1S/C13H15N3/c1-11(2)8-9-16-10-13(14-15-16)12-6-4-3-5-7-12/h3-8,10H,9H2,1-2H3. The van der Waals surface area contributed by atoms with Gasteiger partial charge in [-0.25, -0.2) is 4.68 Å². The van der Waals surface area contributed by atoms with Gasteiger partial charge in [-0.1, -0.05) is 47.2 Å². The number of benzene rings is 1. The minimum atomic E-state index is 0.780. The zero-order valence-electron chi connectivity index (χ0n) is 9.59. The summed E-state index contributed by atoms with van der Waals surface area (Å²) in [6.45, 7) is 4.94. The Morgan fingerprint density at radius 1 is 1.25 bits per heavy atom. The van der Waals surface area contributed by atoms with Gasteiger partial charge in [0.2, 0.25) is 0 Å². The van der Waals surface area contributed by atoms with Gasteiger partial charge in [0.15, 0.2) is 0 Å². The molecule has 1 aromatic carbocycles. The molecule has 0 atom stereocenters. The van der Waals surface area contributed by atoms with Crippen LogP contribution in [0.2, 0.25) is 0 Å².